The van der Waals surface area contributed by atoms with Crippen LogP contribution in [0.15, 0.2) is 29.3 Å². The SMILES string of the molecule is C=CCC(NC)c1c(F)cc(Br)cc1F. The second kappa shape index (κ2) is 5.37. The van der Waals surface area contributed by atoms with Crippen molar-refractivity contribution in [3.05, 3.63) is 46.5 Å². The van der Waals surface area contributed by atoms with Crippen LogP contribution in [0.1, 0.15) is 18.0 Å². The van der Waals surface area contributed by atoms with Gasteiger partial charge < -0.3 is 5.32 Å². The molecule has 1 atom stereocenters. The third-order valence-corrected chi connectivity index (χ3v) is 2.60. The average Bonchev–Trinajstić information content (AvgIpc) is 2.14. The molecule has 0 fully saturated rings. The van der Waals surface area contributed by atoms with Gasteiger partial charge in [0.15, 0.2) is 0 Å². The molecule has 0 aromatic heterocycles. The van der Waals surface area contributed by atoms with E-state index in [9.17, 15) is 8.78 Å². The van der Waals surface area contributed by atoms with Crippen molar-refractivity contribution in [2.24, 2.45) is 0 Å². The molecule has 0 saturated heterocycles. The molecule has 0 bridgehead atoms. The second-order valence-electron chi connectivity index (χ2n) is 3.15. The van der Waals surface area contributed by atoms with Crippen molar-refractivity contribution in [1.29, 1.82) is 0 Å². The van der Waals surface area contributed by atoms with Gasteiger partial charge in [-0.2, -0.15) is 0 Å². The maximum atomic E-state index is 13.5. The fourth-order valence-electron chi connectivity index (χ4n) is 1.43. The summed E-state index contributed by atoms with van der Waals surface area (Å²) < 4.78 is 27.5. The van der Waals surface area contributed by atoms with E-state index >= 15 is 0 Å². The predicted molar refractivity (Wildman–Crippen MR) is 60.7 cm³/mol. The molecule has 1 aromatic carbocycles. The van der Waals surface area contributed by atoms with Crippen molar-refractivity contribution in [1.82, 2.24) is 5.32 Å². The zero-order chi connectivity index (χ0) is 11.4. The molecule has 0 aliphatic carbocycles. The van der Waals surface area contributed by atoms with Gasteiger partial charge in [0.05, 0.1) is 0 Å². The number of rotatable bonds is 4. The Hall–Kier alpha value is -0.740. The Morgan fingerprint density at radius 3 is 2.40 bits per heavy atom. The van der Waals surface area contributed by atoms with Gasteiger partial charge in [-0.05, 0) is 25.6 Å². The van der Waals surface area contributed by atoms with Gasteiger partial charge in [-0.15, -0.1) is 6.58 Å². The predicted octanol–water partition coefficient (Wildman–Crippen LogP) is 3.56. The molecule has 0 heterocycles. The highest BCUT2D eigenvalue weighted by molar-refractivity contribution is 9.10. The number of hydrogen-bond donors (Lipinski definition) is 1. The summed E-state index contributed by atoms with van der Waals surface area (Å²) in [5.41, 5.74) is 0.0561. The van der Waals surface area contributed by atoms with Gasteiger partial charge in [0.2, 0.25) is 0 Å². The Morgan fingerprint density at radius 2 is 2.00 bits per heavy atom. The van der Waals surface area contributed by atoms with E-state index in [0.717, 1.165) is 0 Å². The van der Waals surface area contributed by atoms with Crippen LogP contribution < -0.4 is 5.32 Å². The Morgan fingerprint density at radius 1 is 1.47 bits per heavy atom. The van der Waals surface area contributed by atoms with Gasteiger partial charge in [-0.1, -0.05) is 22.0 Å². The van der Waals surface area contributed by atoms with Gasteiger partial charge in [0, 0.05) is 16.1 Å². The van der Waals surface area contributed by atoms with Crippen molar-refractivity contribution in [2.45, 2.75) is 12.5 Å². The fraction of sp³-hybridized carbons (Fsp3) is 0.273. The van der Waals surface area contributed by atoms with E-state index in [1.807, 2.05) is 0 Å². The van der Waals surface area contributed by atoms with E-state index in [4.69, 9.17) is 0 Å². The molecule has 82 valence electrons. The summed E-state index contributed by atoms with van der Waals surface area (Å²) in [5.74, 6) is -1.11. The van der Waals surface area contributed by atoms with E-state index in [1.165, 1.54) is 12.1 Å². The molecule has 1 N–H and O–H groups in total. The van der Waals surface area contributed by atoms with Crippen LogP contribution in [0.3, 0.4) is 0 Å². The van der Waals surface area contributed by atoms with E-state index < -0.39 is 11.6 Å². The molecule has 4 heteroatoms. The Bertz CT molecular complexity index is 343. The fourth-order valence-corrected chi connectivity index (χ4v) is 1.83. The standard InChI is InChI=1S/C11H12BrF2N/c1-3-4-10(15-2)11-8(13)5-7(12)6-9(11)14/h3,5-6,10,15H,1,4H2,2H3. The zero-order valence-corrected chi connectivity index (χ0v) is 9.94. The van der Waals surface area contributed by atoms with Crippen LogP contribution in [0, 0.1) is 11.6 Å². The first-order chi connectivity index (χ1) is 7.10. The van der Waals surface area contributed by atoms with Crippen molar-refractivity contribution < 1.29 is 8.78 Å². The van der Waals surface area contributed by atoms with E-state index in [1.54, 1.807) is 13.1 Å². The minimum absolute atomic E-state index is 0.0561. The topological polar surface area (TPSA) is 12.0 Å². The summed E-state index contributed by atoms with van der Waals surface area (Å²) in [6, 6.07) is 2.13. The molecule has 0 amide bonds. The summed E-state index contributed by atoms with van der Waals surface area (Å²) in [6.45, 7) is 3.56. The van der Waals surface area contributed by atoms with Crippen molar-refractivity contribution in [2.75, 3.05) is 7.05 Å². The minimum Gasteiger partial charge on any atom is -0.313 e. The highest BCUT2D eigenvalue weighted by Gasteiger charge is 2.18. The normalized spacial score (nSPS) is 12.5. The molecule has 1 rings (SSSR count). The van der Waals surface area contributed by atoms with E-state index in [2.05, 4.69) is 27.8 Å². The van der Waals surface area contributed by atoms with Crippen LogP contribution in [0.25, 0.3) is 0 Å². The Labute approximate surface area is 96.3 Å². The van der Waals surface area contributed by atoms with Gasteiger partial charge in [0.1, 0.15) is 11.6 Å². The molecule has 0 aliphatic heterocycles. The monoisotopic (exact) mass is 275 g/mol. The van der Waals surface area contributed by atoms with E-state index in [-0.39, 0.29) is 11.6 Å². The smallest absolute Gasteiger partial charge is 0.132 e. The quantitative estimate of drug-likeness (QED) is 0.829. The zero-order valence-electron chi connectivity index (χ0n) is 8.36. The lowest BCUT2D eigenvalue weighted by molar-refractivity contribution is 0.493. The molecule has 0 saturated carbocycles. The summed E-state index contributed by atoms with van der Waals surface area (Å²) in [5, 5.41) is 2.85. The molecule has 1 nitrogen and oxygen atoms in total. The first-order valence-corrected chi connectivity index (χ1v) is 5.32. The lowest BCUT2D eigenvalue weighted by Crippen LogP contribution is -2.18. The molecule has 0 spiro atoms. The largest absolute Gasteiger partial charge is 0.313 e. The Balaban J connectivity index is 3.16. The van der Waals surface area contributed by atoms with Crippen molar-refractivity contribution >= 4 is 15.9 Å². The third-order valence-electron chi connectivity index (χ3n) is 2.14. The highest BCUT2D eigenvalue weighted by Crippen LogP contribution is 2.26. The van der Waals surface area contributed by atoms with Gasteiger partial charge >= 0.3 is 0 Å². The second-order valence-corrected chi connectivity index (χ2v) is 4.06. The highest BCUT2D eigenvalue weighted by atomic mass is 79.9. The van der Waals surface area contributed by atoms with Crippen LogP contribution in [0.2, 0.25) is 0 Å². The molecular formula is C11H12BrF2N. The third kappa shape index (κ3) is 2.86. The molecule has 1 unspecified atom stereocenters. The van der Waals surface area contributed by atoms with E-state index in [0.29, 0.717) is 10.9 Å². The number of hydrogen-bond acceptors (Lipinski definition) is 1. The lowest BCUT2D eigenvalue weighted by atomic mass is 10.0. The van der Waals surface area contributed by atoms with Gasteiger partial charge in [-0.3, -0.25) is 0 Å². The summed E-state index contributed by atoms with van der Waals surface area (Å²) in [6.07, 6.45) is 2.11. The van der Waals surface area contributed by atoms with Gasteiger partial charge in [-0.25, -0.2) is 8.78 Å². The molecule has 0 aliphatic rings. The number of benzene rings is 1. The molecule has 15 heavy (non-hydrogen) atoms. The molecule has 1 aromatic rings. The Kier molecular flexibility index (Phi) is 4.42. The lowest BCUT2D eigenvalue weighted by Gasteiger charge is -2.16. The summed E-state index contributed by atoms with van der Waals surface area (Å²) in [7, 11) is 1.66. The molecular weight excluding hydrogens is 264 g/mol. The first-order valence-electron chi connectivity index (χ1n) is 4.52. The number of halogens is 3. The van der Waals surface area contributed by atoms with Gasteiger partial charge in [0.25, 0.3) is 0 Å². The first kappa shape index (κ1) is 12.3. The summed E-state index contributed by atoms with van der Waals surface area (Å²) >= 11 is 3.04. The minimum atomic E-state index is -0.553. The average molecular weight is 276 g/mol. The number of nitrogens with one attached hydrogen (secondary N) is 1. The van der Waals surface area contributed by atoms with Crippen molar-refractivity contribution in [3.8, 4) is 0 Å². The van der Waals surface area contributed by atoms with Crippen LogP contribution in [0.5, 0.6) is 0 Å². The maximum absolute atomic E-state index is 13.5. The molecule has 0 radical (unpaired) electrons. The maximum Gasteiger partial charge on any atom is 0.132 e. The van der Waals surface area contributed by atoms with Crippen LogP contribution in [-0.4, -0.2) is 7.05 Å². The van der Waals surface area contributed by atoms with Crippen LogP contribution in [-0.2, 0) is 0 Å². The van der Waals surface area contributed by atoms with Crippen LogP contribution in [0.4, 0.5) is 8.78 Å². The van der Waals surface area contributed by atoms with Crippen molar-refractivity contribution in [3.63, 3.8) is 0 Å². The summed E-state index contributed by atoms with van der Waals surface area (Å²) in [4.78, 5) is 0. The van der Waals surface area contributed by atoms with Crippen LogP contribution >= 0.6 is 15.9 Å².